The quantitative estimate of drug-likeness (QED) is 0.589. The molecule has 3 aromatic carbocycles. The van der Waals surface area contributed by atoms with Crippen LogP contribution in [0.4, 0.5) is 5.69 Å². The molecule has 0 unspecified atom stereocenters. The Kier molecular flexibility index (Phi) is 2.86. The minimum atomic E-state index is 0.336. The zero-order valence-corrected chi connectivity index (χ0v) is 13.2. The molecule has 0 fully saturated rings. The van der Waals surface area contributed by atoms with Crippen molar-refractivity contribution in [2.45, 2.75) is 20.0 Å². The van der Waals surface area contributed by atoms with Gasteiger partial charge in [0.1, 0.15) is 6.17 Å². The summed E-state index contributed by atoms with van der Waals surface area (Å²) in [5.41, 5.74) is 2.64. The van der Waals surface area contributed by atoms with Gasteiger partial charge in [-0.1, -0.05) is 48.5 Å². The molecule has 110 valence electrons. The molecule has 1 aliphatic heterocycles. The third-order valence-electron chi connectivity index (χ3n) is 4.80. The summed E-state index contributed by atoms with van der Waals surface area (Å²) < 4.78 is 0. The van der Waals surface area contributed by atoms with Crippen LogP contribution in [0.3, 0.4) is 0 Å². The molecule has 1 heterocycles. The zero-order valence-electron chi connectivity index (χ0n) is 13.2. The Morgan fingerprint density at radius 3 is 2.36 bits per heavy atom. The average molecular weight is 288 g/mol. The van der Waals surface area contributed by atoms with Gasteiger partial charge in [-0.15, -0.1) is 0 Å². The van der Waals surface area contributed by atoms with E-state index in [0.29, 0.717) is 6.17 Å². The Labute approximate surface area is 131 Å². The van der Waals surface area contributed by atoms with Crippen molar-refractivity contribution in [3.05, 3.63) is 66.5 Å². The molecular formula is C20H20N2. The van der Waals surface area contributed by atoms with Crippen molar-refractivity contribution in [3.8, 4) is 0 Å². The monoisotopic (exact) mass is 288 g/mol. The van der Waals surface area contributed by atoms with Gasteiger partial charge in [-0.05, 0) is 35.6 Å². The van der Waals surface area contributed by atoms with Crippen molar-refractivity contribution in [3.63, 3.8) is 0 Å². The van der Waals surface area contributed by atoms with Gasteiger partial charge in [-0.3, -0.25) is 0 Å². The second kappa shape index (κ2) is 4.77. The molecule has 0 N–H and O–H groups in total. The normalized spacial score (nSPS) is 17.9. The molecule has 0 saturated carbocycles. The van der Waals surface area contributed by atoms with Crippen LogP contribution in [0.2, 0.25) is 0 Å². The van der Waals surface area contributed by atoms with Crippen molar-refractivity contribution in [1.82, 2.24) is 4.90 Å². The van der Waals surface area contributed by atoms with E-state index in [1.807, 2.05) is 0 Å². The molecule has 2 nitrogen and oxygen atoms in total. The van der Waals surface area contributed by atoms with E-state index >= 15 is 0 Å². The van der Waals surface area contributed by atoms with Crippen molar-refractivity contribution in [2.75, 3.05) is 11.9 Å². The smallest absolute Gasteiger partial charge is 0.102 e. The number of hydrogen-bond acceptors (Lipinski definition) is 2. The second-order valence-corrected chi connectivity index (χ2v) is 6.12. The Balaban J connectivity index is 2.10. The fourth-order valence-electron chi connectivity index (χ4n) is 3.40. The minimum absolute atomic E-state index is 0.336. The predicted molar refractivity (Wildman–Crippen MR) is 95.0 cm³/mol. The maximum Gasteiger partial charge on any atom is 0.102 e. The van der Waals surface area contributed by atoms with E-state index in [2.05, 4.69) is 91.6 Å². The van der Waals surface area contributed by atoms with Crippen molar-refractivity contribution in [1.29, 1.82) is 0 Å². The van der Waals surface area contributed by atoms with Crippen molar-refractivity contribution < 1.29 is 0 Å². The summed E-state index contributed by atoms with van der Waals surface area (Å²) in [6.45, 7) is 4.44. The number of rotatable bonds is 1. The van der Waals surface area contributed by atoms with Gasteiger partial charge in [0.25, 0.3) is 0 Å². The number of fused-ring (bicyclic) bond motifs is 3. The summed E-state index contributed by atoms with van der Waals surface area (Å²) in [6, 6.07) is 17.6. The summed E-state index contributed by atoms with van der Waals surface area (Å²) in [6.07, 6.45) is 4.67. The Morgan fingerprint density at radius 2 is 1.59 bits per heavy atom. The number of anilines is 1. The summed E-state index contributed by atoms with van der Waals surface area (Å²) in [5, 5.41) is 5.28. The first kappa shape index (κ1) is 13.2. The van der Waals surface area contributed by atoms with Crippen molar-refractivity contribution in [2.24, 2.45) is 0 Å². The van der Waals surface area contributed by atoms with Gasteiger partial charge in [0, 0.05) is 24.8 Å². The lowest BCUT2D eigenvalue weighted by atomic mass is 9.97. The molecule has 0 aliphatic carbocycles. The molecule has 2 heteroatoms. The highest BCUT2D eigenvalue weighted by Gasteiger charge is 2.23. The number of benzene rings is 3. The van der Waals surface area contributed by atoms with Crippen LogP contribution < -0.4 is 4.90 Å². The zero-order chi connectivity index (χ0) is 15.3. The molecule has 22 heavy (non-hydrogen) atoms. The maximum absolute atomic E-state index is 2.38. The molecule has 1 aliphatic rings. The highest BCUT2D eigenvalue weighted by Crippen LogP contribution is 2.38. The molecule has 0 aromatic heterocycles. The van der Waals surface area contributed by atoms with E-state index < -0.39 is 0 Å². The van der Waals surface area contributed by atoms with E-state index in [0.717, 1.165) is 0 Å². The molecule has 0 amide bonds. The summed E-state index contributed by atoms with van der Waals surface area (Å²) in [7, 11) is 2.12. The van der Waals surface area contributed by atoms with Crippen LogP contribution in [0, 0.1) is 6.92 Å². The van der Waals surface area contributed by atoms with Crippen LogP contribution in [-0.2, 0) is 0 Å². The Hall–Kier alpha value is -2.48. The van der Waals surface area contributed by atoms with Gasteiger partial charge >= 0.3 is 0 Å². The van der Waals surface area contributed by atoms with Crippen LogP contribution in [-0.4, -0.2) is 18.1 Å². The molecular weight excluding hydrogens is 268 g/mol. The van der Waals surface area contributed by atoms with Gasteiger partial charge in [-0.2, -0.15) is 0 Å². The number of nitrogens with zero attached hydrogens (tertiary/aromatic N) is 2. The number of hydrogen-bond donors (Lipinski definition) is 0. The lowest BCUT2D eigenvalue weighted by molar-refractivity contribution is 0.383. The molecule has 0 saturated heterocycles. The lowest BCUT2D eigenvalue weighted by Crippen LogP contribution is -2.33. The first-order chi connectivity index (χ1) is 10.7. The minimum Gasteiger partial charge on any atom is -0.359 e. The Bertz CT molecular complexity index is 895. The van der Waals surface area contributed by atoms with Crippen LogP contribution in [0.5, 0.6) is 0 Å². The maximum atomic E-state index is 2.38. The van der Waals surface area contributed by atoms with E-state index in [1.54, 1.807) is 0 Å². The van der Waals surface area contributed by atoms with Crippen molar-refractivity contribution >= 4 is 27.2 Å². The topological polar surface area (TPSA) is 6.48 Å². The molecule has 3 aromatic rings. The largest absolute Gasteiger partial charge is 0.359 e. The van der Waals surface area contributed by atoms with Crippen LogP contribution in [0.15, 0.2) is 60.9 Å². The molecule has 0 radical (unpaired) electrons. The third-order valence-corrected chi connectivity index (χ3v) is 4.80. The van der Waals surface area contributed by atoms with E-state index in [9.17, 15) is 0 Å². The first-order valence-electron chi connectivity index (χ1n) is 7.76. The summed E-state index contributed by atoms with van der Waals surface area (Å²) >= 11 is 0. The fraction of sp³-hybridized carbons (Fsp3) is 0.200. The lowest BCUT2D eigenvalue weighted by Gasteiger charge is -2.30. The predicted octanol–water partition coefficient (Wildman–Crippen LogP) is 4.87. The molecule has 1 atom stereocenters. The van der Waals surface area contributed by atoms with Gasteiger partial charge in [-0.25, -0.2) is 0 Å². The highest BCUT2D eigenvalue weighted by molar-refractivity contribution is 6.14. The number of aryl methyl sites for hydroxylation is 1. The first-order valence-corrected chi connectivity index (χ1v) is 7.76. The van der Waals surface area contributed by atoms with Gasteiger partial charge < -0.3 is 9.80 Å². The second-order valence-electron chi connectivity index (χ2n) is 6.12. The van der Waals surface area contributed by atoms with E-state index in [4.69, 9.17) is 0 Å². The SMILES string of the molecule is Cc1ccc2ccc3ccccc3c2c1N1C=CN(C)[C@@H]1C. The molecule has 0 bridgehead atoms. The Morgan fingerprint density at radius 1 is 0.864 bits per heavy atom. The molecule has 0 spiro atoms. The average Bonchev–Trinajstić information content (AvgIpc) is 2.87. The van der Waals surface area contributed by atoms with Gasteiger partial charge in [0.2, 0.25) is 0 Å². The van der Waals surface area contributed by atoms with Crippen LogP contribution in [0.1, 0.15) is 12.5 Å². The standard InChI is InChI=1S/C20H20N2/c1-14-8-9-17-11-10-16-6-4-5-7-18(16)19(17)20(14)22-13-12-21(3)15(22)2/h4-13,15H,1-3H3/t15-/m0/s1. The third kappa shape index (κ3) is 1.80. The van der Waals surface area contributed by atoms with Crippen LogP contribution >= 0.6 is 0 Å². The van der Waals surface area contributed by atoms with E-state index in [-0.39, 0.29) is 0 Å². The van der Waals surface area contributed by atoms with Gasteiger partial charge in [0.05, 0.1) is 5.69 Å². The van der Waals surface area contributed by atoms with E-state index in [1.165, 1.54) is 32.8 Å². The molecule has 4 rings (SSSR count). The highest BCUT2D eigenvalue weighted by atomic mass is 15.4. The van der Waals surface area contributed by atoms with Gasteiger partial charge in [0.15, 0.2) is 0 Å². The van der Waals surface area contributed by atoms with Crippen LogP contribution in [0.25, 0.3) is 21.5 Å². The summed E-state index contributed by atoms with van der Waals surface area (Å²) in [5.74, 6) is 0. The fourth-order valence-corrected chi connectivity index (χ4v) is 3.40. The summed E-state index contributed by atoms with van der Waals surface area (Å²) in [4.78, 5) is 4.62.